The fraction of sp³-hybridized carbons (Fsp3) is 0.182. The monoisotopic (exact) mass is 382 g/mol. The lowest BCUT2D eigenvalue weighted by molar-refractivity contribution is -0.137. The zero-order valence-corrected chi connectivity index (χ0v) is 12.1. The van der Waals surface area contributed by atoms with Crippen LogP contribution in [0.3, 0.4) is 0 Å². The molecule has 2 aromatic rings. The van der Waals surface area contributed by atoms with Gasteiger partial charge in [0.05, 0.1) is 17.4 Å². The summed E-state index contributed by atoms with van der Waals surface area (Å²) in [4.78, 5) is 0. The summed E-state index contributed by atoms with van der Waals surface area (Å²) in [6.07, 6.45) is -2.59. The molecule has 0 unspecified atom stereocenters. The molecule has 7 heteroatoms. The molecule has 96 valence electrons. The lowest BCUT2D eigenvalue weighted by Crippen LogP contribution is -2.03. The van der Waals surface area contributed by atoms with Crippen molar-refractivity contribution in [3.8, 4) is 5.69 Å². The first kappa shape index (κ1) is 13.6. The van der Waals surface area contributed by atoms with Crippen LogP contribution in [0.15, 0.2) is 35.1 Å². The molecular formula is C11H7Br2F3N2. The molecule has 0 radical (unpaired) electrons. The first-order valence-electron chi connectivity index (χ1n) is 4.88. The predicted octanol–water partition coefficient (Wildman–Crippen LogP) is 4.55. The van der Waals surface area contributed by atoms with E-state index in [0.29, 0.717) is 11.0 Å². The van der Waals surface area contributed by atoms with Crippen molar-refractivity contribution in [2.45, 2.75) is 11.5 Å². The van der Waals surface area contributed by atoms with Gasteiger partial charge in [-0.2, -0.15) is 18.3 Å². The Morgan fingerprint density at radius 2 is 2.00 bits per heavy atom. The number of rotatable bonds is 2. The van der Waals surface area contributed by atoms with E-state index in [1.165, 1.54) is 4.68 Å². The number of hydrogen-bond donors (Lipinski definition) is 0. The Hall–Kier alpha value is -0.820. The zero-order chi connectivity index (χ0) is 13.3. The molecule has 0 saturated heterocycles. The van der Waals surface area contributed by atoms with Crippen LogP contribution in [0.4, 0.5) is 13.2 Å². The molecule has 0 saturated carbocycles. The SMILES string of the molecule is FC(F)(F)c1cnn(-c2ccc(CBr)c(Br)c2)c1. The van der Waals surface area contributed by atoms with Crippen molar-refractivity contribution in [2.75, 3.05) is 0 Å². The highest BCUT2D eigenvalue weighted by Crippen LogP contribution is 2.29. The van der Waals surface area contributed by atoms with E-state index in [1.54, 1.807) is 12.1 Å². The third-order valence-electron chi connectivity index (χ3n) is 2.36. The van der Waals surface area contributed by atoms with Crippen LogP contribution in [0.5, 0.6) is 0 Å². The summed E-state index contributed by atoms with van der Waals surface area (Å²) >= 11 is 6.68. The average molecular weight is 384 g/mol. The van der Waals surface area contributed by atoms with Crippen molar-refractivity contribution in [1.82, 2.24) is 9.78 Å². The van der Waals surface area contributed by atoms with Crippen molar-refractivity contribution in [1.29, 1.82) is 0 Å². The zero-order valence-electron chi connectivity index (χ0n) is 8.88. The van der Waals surface area contributed by atoms with Gasteiger partial charge in [-0.15, -0.1) is 0 Å². The van der Waals surface area contributed by atoms with Gasteiger partial charge in [-0.05, 0) is 17.7 Å². The van der Waals surface area contributed by atoms with Gasteiger partial charge in [0.25, 0.3) is 0 Å². The molecule has 0 N–H and O–H groups in total. The lowest BCUT2D eigenvalue weighted by atomic mass is 10.2. The maximum absolute atomic E-state index is 12.4. The maximum Gasteiger partial charge on any atom is 0.419 e. The molecule has 0 amide bonds. The fourth-order valence-electron chi connectivity index (χ4n) is 1.40. The molecule has 18 heavy (non-hydrogen) atoms. The van der Waals surface area contributed by atoms with E-state index in [1.807, 2.05) is 6.07 Å². The second-order valence-electron chi connectivity index (χ2n) is 3.58. The van der Waals surface area contributed by atoms with Gasteiger partial charge in [-0.3, -0.25) is 0 Å². The molecule has 2 nitrogen and oxygen atoms in total. The molecule has 0 bridgehead atoms. The minimum atomic E-state index is -4.37. The van der Waals surface area contributed by atoms with E-state index >= 15 is 0 Å². The van der Waals surface area contributed by atoms with E-state index in [-0.39, 0.29) is 0 Å². The van der Waals surface area contributed by atoms with E-state index < -0.39 is 11.7 Å². The largest absolute Gasteiger partial charge is 0.419 e. The molecule has 0 aliphatic rings. The molecule has 1 aromatic heterocycles. The fourth-order valence-corrected chi connectivity index (χ4v) is 2.77. The molecule has 0 aliphatic heterocycles. The Kier molecular flexibility index (Phi) is 3.82. The van der Waals surface area contributed by atoms with Gasteiger partial charge >= 0.3 is 6.18 Å². The number of alkyl halides is 4. The van der Waals surface area contributed by atoms with E-state index in [0.717, 1.165) is 22.4 Å². The number of hydrogen-bond acceptors (Lipinski definition) is 1. The smallest absolute Gasteiger partial charge is 0.240 e. The van der Waals surface area contributed by atoms with Crippen LogP contribution in [-0.2, 0) is 11.5 Å². The summed E-state index contributed by atoms with van der Waals surface area (Å²) in [6, 6.07) is 5.27. The standard InChI is InChI=1S/C11H7Br2F3N2/c12-4-7-1-2-9(3-10(7)13)18-6-8(5-17-18)11(14,15)16/h1-3,5-6H,4H2. The quantitative estimate of drug-likeness (QED) is 0.695. The van der Waals surface area contributed by atoms with Crippen LogP contribution in [-0.4, -0.2) is 9.78 Å². The summed E-state index contributed by atoms with van der Waals surface area (Å²) in [5, 5.41) is 4.38. The minimum Gasteiger partial charge on any atom is -0.240 e. The highest BCUT2D eigenvalue weighted by atomic mass is 79.9. The van der Waals surface area contributed by atoms with Crippen LogP contribution in [0.2, 0.25) is 0 Å². The number of nitrogens with zero attached hydrogens (tertiary/aromatic N) is 2. The van der Waals surface area contributed by atoms with Gasteiger partial charge in [0.1, 0.15) is 0 Å². The highest BCUT2D eigenvalue weighted by molar-refractivity contribution is 9.10. The highest BCUT2D eigenvalue weighted by Gasteiger charge is 2.32. The normalized spacial score (nSPS) is 11.8. The third-order valence-corrected chi connectivity index (χ3v) is 3.70. The van der Waals surface area contributed by atoms with Crippen molar-refractivity contribution < 1.29 is 13.2 Å². The molecule has 0 spiro atoms. The van der Waals surface area contributed by atoms with Crippen LogP contribution in [0.1, 0.15) is 11.1 Å². The van der Waals surface area contributed by atoms with Crippen LogP contribution in [0.25, 0.3) is 5.69 Å². The Bertz CT molecular complexity index is 564. The Balaban J connectivity index is 2.38. The second kappa shape index (κ2) is 5.05. The first-order valence-corrected chi connectivity index (χ1v) is 6.80. The van der Waals surface area contributed by atoms with Gasteiger partial charge in [-0.1, -0.05) is 37.9 Å². The third kappa shape index (κ3) is 2.77. The van der Waals surface area contributed by atoms with Gasteiger partial charge in [-0.25, -0.2) is 4.68 Å². The maximum atomic E-state index is 12.4. The predicted molar refractivity (Wildman–Crippen MR) is 68.9 cm³/mol. The van der Waals surface area contributed by atoms with E-state index in [9.17, 15) is 13.2 Å². The van der Waals surface area contributed by atoms with Crippen molar-refractivity contribution >= 4 is 31.9 Å². The summed E-state index contributed by atoms with van der Waals surface area (Å²) in [7, 11) is 0. The Morgan fingerprint density at radius 1 is 1.28 bits per heavy atom. The van der Waals surface area contributed by atoms with E-state index in [4.69, 9.17) is 0 Å². The van der Waals surface area contributed by atoms with Crippen LogP contribution >= 0.6 is 31.9 Å². The molecule has 0 atom stereocenters. The first-order chi connectivity index (χ1) is 8.41. The van der Waals surface area contributed by atoms with Gasteiger partial charge in [0, 0.05) is 16.0 Å². The lowest BCUT2D eigenvalue weighted by Gasteiger charge is -2.05. The summed E-state index contributed by atoms with van der Waals surface area (Å²) in [6.45, 7) is 0. The summed E-state index contributed by atoms with van der Waals surface area (Å²) in [5.41, 5.74) is 0.826. The van der Waals surface area contributed by atoms with Gasteiger partial charge in [0.2, 0.25) is 0 Å². The molecule has 0 fully saturated rings. The second-order valence-corrected chi connectivity index (χ2v) is 5.00. The molecular weight excluding hydrogens is 377 g/mol. The summed E-state index contributed by atoms with van der Waals surface area (Å²) < 4.78 is 39.4. The van der Waals surface area contributed by atoms with Crippen molar-refractivity contribution in [2.24, 2.45) is 0 Å². The molecule has 1 aromatic carbocycles. The van der Waals surface area contributed by atoms with E-state index in [2.05, 4.69) is 37.0 Å². The van der Waals surface area contributed by atoms with Crippen molar-refractivity contribution in [3.05, 3.63) is 46.2 Å². The summed E-state index contributed by atoms with van der Waals surface area (Å²) in [5.74, 6) is 0. The Morgan fingerprint density at radius 3 is 2.50 bits per heavy atom. The molecule has 0 aliphatic carbocycles. The van der Waals surface area contributed by atoms with Crippen LogP contribution < -0.4 is 0 Å². The number of benzene rings is 1. The molecule has 1 heterocycles. The van der Waals surface area contributed by atoms with Crippen molar-refractivity contribution in [3.63, 3.8) is 0 Å². The van der Waals surface area contributed by atoms with Crippen LogP contribution in [0, 0.1) is 0 Å². The van der Waals surface area contributed by atoms with Gasteiger partial charge < -0.3 is 0 Å². The Labute approximate surface area is 118 Å². The molecule has 2 rings (SSSR count). The number of aromatic nitrogens is 2. The average Bonchev–Trinajstić information content (AvgIpc) is 2.77. The topological polar surface area (TPSA) is 17.8 Å². The van der Waals surface area contributed by atoms with Gasteiger partial charge in [0.15, 0.2) is 0 Å². The minimum absolute atomic E-state index is 0.571. The number of halogens is 5.